The van der Waals surface area contributed by atoms with Gasteiger partial charge in [0.05, 0.1) is 7.11 Å². The monoisotopic (exact) mass is 204 g/mol. The minimum atomic E-state index is -0.456. The van der Waals surface area contributed by atoms with Crippen LogP contribution in [0.1, 0.15) is 5.56 Å². The van der Waals surface area contributed by atoms with Gasteiger partial charge in [0.25, 0.3) is 0 Å². The summed E-state index contributed by atoms with van der Waals surface area (Å²) in [6.07, 6.45) is 0. The van der Waals surface area contributed by atoms with E-state index in [4.69, 9.17) is 15.9 Å². The Morgan fingerprint density at radius 2 is 2.15 bits per heavy atom. The number of methoxy groups -OCH3 is 1. The van der Waals surface area contributed by atoms with Gasteiger partial charge >= 0.3 is 0 Å². The first-order valence-electron chi connectivity index (χ1n) is 3.33. The van der Waals surface area contributed by atoms with E-state index < -0.39 is 5.82 Å². The van der Waals surface area contributed by atoms with Gasteiger partial charge < -0.3 is 10.5 Å². The molecule has 1 rings (SSSR count). The molecule has 0 spiro atoms. The normalized spacial score (nSPS) is 8.77. The van der Waals surface area contributed by atoms with E-state index in [9.17, 15) is 4.39 Å². The first kappa shape index (κ1) is 11.7. The van der Waals surface area contributed by atoms with Gasteiger partial charge in [0, 0.05) is 5.56 Å². The third-order valence-corrected chi connectivity index (χ3v) is 1.46. The lowest BCUT2D eigenvalue weighted by atomic mass is 10.2. The van der Waals surface area contributed by atoms with E-state index in [1.54, 1.807) is 0 Å². The maximum absolute atomic E-state index is 12.8. The molecule has 0 heterocycles. The third-order valence-electron chi connectivity index (χ3n) is 1.46. The number of nitrogen functional groups attached to an aromatic ring is 1. The highest BCUT2D eigenvalue weighted by molar-refractivity contribution is 5.95. The number of nitrogens with two attached hydrogens (primary N) is 1. The number of ether oxygens (including phenoxy) is 1. The summed E-state index contributed by atoms with van der Waals surface area (Å²) in [5, 5.41) is 7.08. The molecule has 13 heavy (non-hydrogen) atoms. The summed E-state index contributed by atoms with van der Waals surface area (Å²) < 4.78 is 17.5. The van der Waals surface area contributed by atoms with Gasteiger partial charge in [-0.1, -0.05) is 0 Å². The summed E-state index contributed by atoms with van der Waals surface area (Å²) in [7, 11) is 1.36. The second-order valence-electron chi connectivity index (χ2n) is 2.26. The molecule has 0 saturated heterocycles. The lowest BCUT2D eigenvalue weighted by Gasteiger charge is -2.03. The predicted octanol–water partition coefficient (Wildman–Crippen LogP) is 1.54. The average molecular weight is 205 g/mol. The van der Waals surface area contributed by atoms with E-state index in [2.05, 4.69) is 0 Å². The molecule has 0 aliphatic rings. The average Bonchev–Trinajstić information content (AvgIpc) is 2.05. The van der Waals surface area contributed by atoms with Crippen molar-refractivity contribution in [1.82, 2.24) is 0 Å². The third kappa shape index (κ3) is 2.59. The Hall–Kier alpha value is -1.29. The predicted molar refractivity (Wildman–Crippen MR) is 51.2 cm³/mol. The van der Waals surface area contributed by atoms with E-state index in [1.807, 2.05) is 0 Å². The number of hydrogen-bond donors (Lipinski definition) is 2. The molecular formula is C8H10ClFN2O. The number of hydrogen-bond acceptors (Lipinski definition) is 2. The van der Waals surface area contributed by atoms with Gasteiger partial charge in [0.15, 0.2) is 11.6 Å². The minimum absolute atomic E-state index is 0. The molecule has 0 atom stereocenters. The molecule has 0 aliphatic heterocycles. The summed E-state index contributed by atoms with van der Waals surface area (Å²) in [6.45, 7) is 0. The van der Waals surface area contributed by atoms with Crippen LogP contribution in [-0.2, 0) is 0 Å². The van der Waals surface area contributed by atoms with E-state index in [0.717, 1.165) is 0 Å². The standard InChI is InChI=1S/C8H9FN2O.ClH/c1-12-7-4-5(8(10)11)2-3-6(7)9;/h2-4H,1H3,(H3,10,11);1H. The van der Waals surface area contributed by atoms with Crippen LogP contribution < -0.4 is 10.5 Å². The minimum Gasteiger partial charge on any atom is -0.494 e. The van der Waals surface area contributed by atoms with E-state index in [-0.39, 0.29) is 24.0 Å². The largest absolute Gasteiger partial charge is 0.494 e. The maximum Gasteiger partial charge on any atom is 0.165 e. The van der Waals surface area contributed by atoms with Gasteiger partial charge in [-0.2, -0.15) is 0 Å². The van der Waals surface area contributed by atoms with Crippen molar-refractivity contribution in [2.75, 3.05) is 7.11 Å². The molecule has 0 radical (unpaired) electrons. The molecule has 3 nitrogen and oxygen atoms in total. The SMILES string of the molecule is COc1cc(C(=N)N)ccc1F.Cl. The Kier molecular flexibility index (Phi) is 4.20. The van der Waals surface area contributed by atoms with E-state index >= 15 is 0 Å². The molecule has 0 saturated carbocycles. The summed E-state index contributed by atoms with van der Waals surface area (Å²) >= 11 is 0. The van der Waals surface area contributed by atoms with Gasteiger partial charge in [-0.15, -0.1) is 12.4 Å². The van der Waals surface area contributed by atoms with Crippen molar-refractivity contribution in [3.05, 3.63) is 29.6 Å². The molecule has 5 heteroatoms. The van der Waals surface area contributed by atoms with Crippen molar-refractivity contribution in [1.29, 1.82) is 5.41 Å². The van der Waals surface area contributed by atoms with Crippen LogP contribution in [0.3, 0.4) is 0 Å². The molecule has 0 amide bonds. The molecule has 72 valence electrons. The molecule has 0 unspecified atom stereocenters. The van der Waals surface area contributed by atoms with Crippen molar-refractivity contribution in [3.63, 3.8) is 0 Å². The lowest BCUT2D eigenvalue weighted by molar-refractivity contribution is 0.386. The van der Waals surface area contributed by atoms with Crippen LogP contribution in [0.15, 0.2) is 18.2 Å². The van der Waals surface area contributed by atoms with Crippen molar-refractivity contribution in [3.8, 4) is 5.75 Å². The maximum atomic E-state index is 12.8. The van der Waals surface area contributed by atoms with Gasteiger partial charge in [-0.25, -0.2) is 4.39 Å². The molecule has 0 aromatic heterocycles. The van der Waals surface area contributed by atoms with Crippen LogP contribution in [-0.4, -0.2) is 12.9 Å². The Bertz CT molecular complexity index is 317. The zero-order valence-electron chi connectivity index (χ0n) is 7.00. The summed E-state index contributed by atoms with van der Waals surface area (Å²) in [5.74, 6) is -0.460. The van der Waals surface area contributed by atoms with Crippen LogP contribution in [0, 0.1) is 11.2 Å². The molecule has 0 fully saturated rings. The number of amidine groups is 1. The second kappa shape index (κ2) is 4.67. The van der Waals surface area contributed by atoms with Gasteiger partial charge in [-0.3, -0.25) is 5.41 Å². The number of rotatable bonds is 2. The first-order chi connectivity index (χ1) is 5.65. The number of benzene rings is 1. The van der Waals surface area contributed by atoms with E-state index in [1.165, 1.54) is 25.3 Å². The fraction of sp³-hybridized carbons (Fsp3) is 0.125. The zero-order chi connectivity index (χ0) is 9.14. The first-order valence-corrected chi connectivity index (χ1v) is 3.33. The lowest BCUT2D eigenvalue weighted by Crippen LogP contribution is -2.11. The molecule has 0 aliphatic carbocycles. The van der Waals surface area contributed by atoms with Crippen LogP contribution >= 0.6 is 12.4 Å². The highest BCUT2D eigenvalue weighted by Gasteiger charge is 2.04. The van der Waals surface area contributed by atoms with Crippen molar-refractivity contribution in [2.45, 2.75) is 0 Å². The Balaban J connectivity index is 0.00000144. The van der Waals surface area contributed by atoms with Crippen LogP contribution in [0.4, 0.5) is 4.39 Å². The fourth-order valence-corrected chi connectivity index (χ4v) is 0.827. The quantitative estimate of drug-likeness (QED) is 0.567. The Morgan fingerprint density at radius 1 is 1.54 bits per heavy atom. The van der Waals surface area contributed by atoms with Crippen molar-refractivity contribution < 1.29 is 9.13 Å². The fourth-order valence-electron chi connectivity index (χ4n) is 0.827. The Morgan fingerprint density at radius 3 is 2.62 bits per heavy atom. The second-order valence-corrected chi connectivity index (χ2v) is 2.26. The van der Waals surface area contributed by atoms with Crippen molar-refractivity contribution in [2.24, 2.45) is 5.73 Å². The topological polar surface area (TPSA) is 59.1 Å². The van der Waals surface area contributed by atoms with E-state index in [0.29, 0.717) is 5.56 Å². The molecule has 0 bridgehead atoms. The summed E-state index contributed by atoms with van der Waals surface area (Å²) in [6, 6.07) is 4.04. The molecular weight excluding hydrogens is 195 g/mol. The molecule has 1 aromatic carbocycles. The highest BCUT2D eigenvalue weighted by atomic mass is 35.5. The van der Waals surface area contributed by atoms with Crippen LogP contribution in [0.2, 0.25) is 0 Å². The van der Waals surface area contributed by atoms with Gasteiger partial charge in [0.1, 0.15) is 5.84 Å². The zero-order valence-corrected chi connectivity index (χ0v) is 7.82. The van der Waals surface area contributed by atoms with Gasteiger partial charge in [-0.05, 0) is 18.2 Å². The summed E-state index contributed by atoms with van der Waals surface area (Å²) in [5.41, 5.74) is 5.64. The van der Waals surface area contributed by atoms with Crippen LogP contribution in [0.25, 0.3) is 0 Å². The van der Waals surface area contributed by atoms with Gasteiger partial charge in [0.2, 0.25) is 0 Å². The number of nitrogens with one attached hydrogen (secondary N) is 1. The smallest absolute Gasteiger partial charge is 0.165 e. The van der Waals surface area contributed by atoms with Crippen molar-refractivity contribution >= 4 is 18.2 Å². The number of halogens is 2. The molecule has 3 N–H and O–H groups in total. The summed E-state index contributed by atoms with van der Waals surface area (Å²) in [4.78, 5) is 0. The Labute approximate surface area is 81.6 Å². The van der Waals surface area contributed by atoms with Crippen LogP contribution in [0.5, 0.6) is 5.75 Å². The molecule has 1 aromatic rings. The highest BCUT2D eigenvalue weighted by Crippen LogP contribution is 2.17.